The van der Waals surface area contributed by atoms with Gasteiger partial charge < -0.3 is 4.74 Å². The highest BCUT2D eigenvalue weighted by Gasteiger charge is 2.34. The first-order valence-corrected chi connectivity index (χ1v) is 9.89. The van der Waals surface area contributed by atoms with E-state index in [1.807, 2.05) is 24.3 Å². The molecule has 1 aliphatic heterocycles. The van der Waals surface area contributed by atoms with E-state index in [9.17, 15) is 18.4 Å². The molecule has 0 aliphatic carbocycles. The molecule has 25 heavy (non-hydrogen) atoms. The first-order valence-electron chi connectivity index (χ1n) is 8.07. The van der Waals surface area contributed by atoms with Crippen LogP contribution in [0.3, 0.4) is 0 Å². The second-order valence-electron chi connectivity index (χ2n) is 6.20. The van der Waals surface area contributed by atoms with Crippen molar-refractivity contribution in [3.8, 4) is 0 Å². The number of pyridine rings is 1. The molecule has 134 valence electrons. The van der Waals surface area contributed by atoms with E-state index in [1.54, 1.807) is 6.07 Å². The van der Waals surface area contributed by atoms with Crippen LogP contribution in [0.15, 0.2) is 36.5 Å². The minimum Gasteiger partial charge on any atom is -0.376 e. The lowest BCUT2D eigenvalue weighted by molar-refractivity contribution is -0.168. The monoisotopic (exact) mass is 364 g/mol. The van der Waals surface area contributed by atoms with Gasteiger partial charge in [-0.3, -0.25) is 15.0 Å². The van der Waals surface area contributed by atoms with Gasteiger partial charge in [0, 0.05) is 18.2 Å². The molecular formula is C17H20N2O5S. The van der Waals surface area contributed by atoms with Crippen LogP contribution in [0.5, 0.6) is 0 Å². The van der Waals surface area contributed by atoms with Crippen molar-refractivity contribution >= 4 is 27.2 Å². The number of ether oxygens (including phenoxy) is 1. The van der Waals surface area contributed by atoms with Crippen molar-refractivity contribution in [3.63, 3.8) is 0 Å². The second-order valence-corrected chi connectivity index (χ2v) is 8.30. The number of hydroxylamine groups is 2. The van der Waals surface area contributed by atoms with E-state index in [4.69, 9.17) is 4.74 Å². The minimum atomic E-state index is -3.58. The Balaban J connectivity index is 1.77. The second kappa shape index (κ2) is 7.47. The van der Waals surface area contributed by atoms with Crippen molar-refractivity contribution in [2.24, 2.45) is 0 Å². The maximum absolute atomic E-state index is 12.6. The number of sulfone groups is 1. The summed E-state index contributed by atoms with van der Waals surface area (Å²) in [5.74, 6) is -0.569. The molecule has 7 nitrogen and oxygen atoms in total. The highest BCUT2D eigenvalue weighted by molar-refractivity contribution is 7.90. The number of hydrogen-bond donors (Lipinski definition) is 1. The maximum Gasteiger partial charge on any atom is 0.233 e. The number of carbonyl (C=O) groups is 1. The Kier molecular flexibility index (Phi) is 5.31. The first-order chi connectivity index (χ1) is 12.0. The summed E-state index contributed by atoms with van der Waals surface area (Å²) in [6, 6.07) is 8.34. The Morgan fingerprint density at radius 2 is 2.20 bits per heavy atom. The van der Waals surface area contributed by atoms with Crippen molar-refractivity contribution in [1.29, 1.82) is 0 Å². The lowest BCUT2D eigenvalue weighted by Gasteiger charge is -2.27. The topological polar surface area (TPSA) is 96.8 Å². The molecule has 0 unspecified atom stereocenters. The number of benzene rings is 1. The SMILES string of the molecule is O=CN(O)[C@H](CS(=O)(=O)Cc1cnc2ccccc2c1)[C@H]1CCCO1. The van der Waals surface area contributed by atoms with E-state index in [-0.39, 0.29) is 17.9 Å². The van der Waals surface area contributed by atoms with Crippen LogP contribution in [0.25, 0.3) is 10.9 Å². The largest absolute Gasteiger partial charge is 0.376 e. The fourth-order valence-electron chi connectivity index (χ4n) is 3.11. The van der Waals surface area contributed by atoms with Crippen LogP contribution in [0.2, 0.25) is 0 Å². The van der Waals surface area contributed by atoms with Crippen LogP contribution in [0.4, 0.5) is 0 Å². The summed E-state index contributed by atoms with van der Waals surface area (Å²) in [6.45, 7) is 0.502. The van der Waals surface area contributed by atoms with Crippen LogP contribution >= 0.6 is 0 Å². The quantitative estimate of drug-likeness (QED) is 0.455. The van der Waals surface area contributed by atoms with Crippen molar-refractivity contribution in [1.82, 2.24) is 10.0 Å². The average Bonchev–Trinajstić information content (AvgIpc) is 3.13. The zero-order chi connectivity index (χ0) is 17.9. The normalized spacial score (nSPS) is 19.0. The van der Waals surface area contributed by atoms with Crippen LogP contribution in [0, 0.1) is 0 Å². The minimum absolute atomic E-state index is 0.208. The van der Waals surface area contributed by atoms with E-state index in [2.05, 4.69) is 4.98 Å². The number of carbonyl (C=O) groups excluding carboxylic acids is 1. The first kappa shape index (κ1) is 17.8. The lowest BCUT2D eigenvalue weighted by Crippen LogP contribution is -2.45. The Hall–Kier alpha value is -2.03. The van der Waals surface area contributed by atoms with Gasteiger partial charge in [-0.25, -0.2) is 13.5 Å². The van der Waals surface area contributed by atoms with Crippen molar-refractivity contribution in [3.05, 3.63) is 42.1 Å². The molecule has 0 radical (unpaired) electrons. The fourth-order valence-corrected chi connectivity index (χ4v) is 4.78. The van der Waals surface area contributed by atoms with Gasteiger partial charge in [0.05, 0.1) is 29.2 Å². The van der Waals surface area contributed by atoms with Crippen LogP contribution < -0.4 is 0 Å². The van der Waals surface area contributed by atoms with Gasteiger partial charge >= 0.3 is 0 Å². The smallest absolute Gasteiger partial charge is 0.233 e. The van der Waals surface area contributed by atoms with Gasteiger partial charge in [0.2, 0.25) is 6.41 Å². The van der Waals surface area contributed by atoms with Gasteiger partial charge in [0.15, 0.2) is 9.84 Å². The van der Waals surface area contributed by atoms with Gasteiger partial charge in [-0.2, -0.15) is 0 Å². The third-order valence-corrected chi connectivity index (χ3v) is 5.92. The van der Waals surface area contributed by atoms with E-state index >= 15 is 0 Å². The van der Waals surface area contributed by atoms with Gasteiger partial charge in [-0.1, -0.05) is 18.2 Å². The van der Waals surface area contributed by atoms with Crippen molar-refractivity contribution in [2.45, 2.75) is 30.7 Å². The summed E-state index contributed by atoms with van der Waals surface area (Å²) in [6.07, 6.45) is 2.68. The average molecular weight is 364 g/mol. The van der Waals surface area contributed by atoms with E-state index in [0.29, 0.717) is 23.7 Å². The molecule has 1 aliphatic rings. The summed E-state index contributed by atoms with van der Waals surface area (Å²) >= 11 is 0. The highest BCUT2D eigenvalue weighted by atomic mass is 32.2. The molecule has 1 fully saturated rings. The zero-order valence-electron chi connectivity index (χ0n) is 13.6. The molecule has 1 aromatic heterocycles. The summed E-state index contributed by atoms with van der Waals surface area (Å²) in [5, 5.41) is 11.0. The molecule has 0 spiro atoms. The van der Waals surface area contributed by atoms with E-state index < -0.39 is 22.0 Å². The third kappa shape index (κ3) is 4.33. The molecule has 2 heterocycles. The van der Waals surface area contributed by atoms with Crippen LogP contribution in [-0.2, 0) is 25.1 Å². The molecule has 3 rings (SSSR count). The van der Waals surface area contributed by atoms with Crippen molar-refractivity contribution < 1.29 is 23.2 Å². The van der Waals surface area contributed by atoms with Crippen LogP contribution in [-0.4, -0.2) is 54.6 Å². The number of nitrogens with zero attached hydrogens (tertiary/aromatic N) is 2. The Labute approximate surface area is 146 Å². The maximum atomic E-state index is 12.6. The number of hydrogen-bond acceptors (Lipinski definition) is 6. The molecule has 0 saturated carbocycles. The zero-order valence-corrected chi connectivity index (χ0v) is 14.4. The summed E-state index contributed by atoms with van der Waals surface area (Å²) in [4.78, 5) is 15.2. The predicted molar refractivity (Wildman–Crippen MR) is 91.7 cm³/mol. The Bertz CT molecular complexity index is 849. The summed E-state index contributed by atoms with van der Waals surface area (Å²) < 4.78 is 30.6. The molecule has 2 aromatic rings. The molecule has 1 saturated heterocycles. The molecule has 1 N–H and O–H groups in total. The third-order valence-electron chi connectivity index (χ3n) is 4.30. The molecule has 8 heteroatoms. The number of amides is 1. The molecule has 1 aromatic carbocycles. The predicted octanol–water partition coefficient (Wildman–Crippen LogP) is 1.54. The lowest BCUT2D eigenvalue weighted by atomic mass is 10.1. The number of aromatic nitrogens is 1. The Morgan fingerprint density at radius 1 is 1.40 bits per heavy atom. The summed E-state index contributed by atoms with van der Waals surface area (Å²) in [7, 11) is -3.58. The number of fused-ring (bicyclic) bond motifs is 1. The fraction of sp³-hybridized carbons (Fsp3) is 0.412. The van der Waals surface area contributed by atoms with E-state index in [1.165, 1.54) is 6.20 Å². The molecule has 2 atom stereocenters. The van der Waals surface area contributed by atoms with Gasteiger partial charge in [-0.05, 0) is 30.5 Å². The Morgan fingerprint density at radius 3 is 2.92 bits per heavy atom. The highest BCUT2D eigenvalue weighted by Crippen LogP contribution is 2.21. The summed E-state index contributed by atoms with van der Waals surface area (Å²) in [5.41, 5.74) is 1.36. The number of rotatable bonds is 7. The standard InChI is InChI=1S/C17H20N2O5S/c20-12-19(21)16(17-6-3-7-24-17)11-25(22,23)10-13-8-14-4-1-2-5-15(14)18-9-13/h1-2,4-5,8-9,12,16-17,21H,3,6-7,10-11H2/t16-,17-/m1/s1. The number of para-hydroxylation sites is 1. The van der Waals surface area contributed by atoms with Gasteiger partial charge in [-0.15, -0.1) is 0 Å². The molecule has 0 bridgehead atoms. The van der Waals surface area contributed by atoms with Gasteiger partial charge in [0.25, 0.3) is 0 Å². The molecular weight excluding hydrogens is 344 g/mol. The van der Waals surface area contributed by atoms with Crippen molar-refractivity contribution in [2.75, 3.05) is 12.4 Å². The van der Waals surface area contributed by atoms with E-state index in [0.717, 1.165) is 17.3 Å². The molecule has 1 amide bonds. The van der Waals surface area contributed by atoms with Crippen LogP contribution in [0.1, 0.15) is 18.4 Å². The van der Waals surface area contributed by atoms with Gasteiger partial charge in [0.1, 0.15) is 0 Å².